The lowest BCUT2D eigenvalue weighted by Crippen LogP contribution is -2.32. The third-order valence-corrected chi connectivity index (χ3v) is 4.91. The van der Waals surface area contributed by atoms with Gasteiger partial charge in [-0.15, -0.1) is 0 Å². The Balaban J connectivity index is 2.17. The number of hydrogen-bond donors (Lipinski definition) is 2. The van der Waals surface area contributed by atoms with Crippen LogP contribution in [0, 0.1) is 12.3 Å². The van der Waals surface area contributed by atoms with E-state index in [0.717, 1.165) is 24.7 Å². The first-order valence-electron chi connectivity index (χ1n) is 6.47. The van der Waals surface area contributed by atoms with Gasteiger partial charge in [0.2, 0.25) is 0 Å². The lowest BCUT2D eigenvalue weighted by molar-refractivity contribution is 0.0934. The predicted octanol–water partition coefficient (Wildman–Crippen LogP) is 0.901. The molecule has 2 rings (SSSR count). The van der Waals surface area contributed by atoms with Gasteiger partial charge in [-0.1, -0.05) is 6.07 Å². The number of nitrogens with one attached hydrogen (secondary N) is 1. The predicted molar refractivity (Wildman–Crippen MR) is 75.4 cm³/mol. The largest absolute Gasteiger partial charge is 0.396 e. The van der Waals surface area contributed by atoms with Crippen molar-refractivity contribution in [3.8, 4) is 0 Å². The maximum atomic E-state index is 12.1. The van der Waals surface area contributed by atoms with Gasteiger partial charge in [0, 0.05) is 23.8 Å². The van der Waals surface area contributed by atoms with E-state index in [0.29, 0.717) is 12.1 Å². The highest BCUT2D eigenvalue weighted by Gasteiger charge is 2.42. The monoisotopic (exact) mass is 297 g/mol. The van der Waals surface area contributed by atoms with E-state index < -0.39 is 9.84 Å². The van der Waals surface area contributed by atoms with Gasteiger partial charge < -0.3 is 10.4 Å². The highest BCUT2D eigenvalue weighted by Crippen LogP contribution is 2.44. The molecule has 6 heteroatoms. The summed E-state index contributed by atoms with van der Waals surface area (Å²) in [6, 6.07) is 4.53. The number of benzene rings is 1. The average molecular weight is 297 g/mol. The van der Waals surface area contributed by atoms with Crippen molar-refractivity contribution in [2.75, 3.05) is 19.4 Å². The van der Waals surface area contributed by atoms with Crippen LogP contribution in [-0.4, -0.2) is 38.8 Å². The van der Waals surface area contributed by atoms with Crippen LogP contribution in [0.1, 0.15) is 28.8 Å². The molecule has 1 aliphatic rings. The van der Waals surface area contributed by atoms with Crippen LogP contribution in [0.15, 0.2) is 23.1 Å². The molecule has 1 fully saturated rings. The Morgan fingerprint density at radius 1 is 1.40 bits per heavy atom. The van der Waals surface area contributed by atoms with Crippen molar-refractivity contribution < 1.29 is 18.3 Å². The van der Waals surface area contributed by atoms with Crippen LogP contribution in [-0.2, 0) is 9.84 Å². The molecule has 0 unspecified atom stereocenters. The van der Waals surface area contributed by atoms with Crippen LogP contribution in [0.2, 0.25) is 0 Å². The van der Waals surface area contributed by atoms with E-state index in [1.54, 1.807) is 13.0 Å². The van der Waals surface area contributed by atoms with Crippen molar-refractivity contribution in [1.82, 2.24) is 5.32 Å². The van der Waals surface area contributed by atoms with Crippen LogP contribution in [0.25, 0.3) is 0 Å². The first kappa shape index (κ1) is 15.0. The third kappa shape index (κ3) is 3.19. The van der Waals surface area contributed by atoms with Gasteiger partial charge in [-0.25, -0.2) is 8.42 Å². The molecule has 110 valence electrons. The van der Waals surface area contributed by atoms with Crippen molar-refractivity contribution >= 4 is 15.7 Å². The van der Waals surface area contributed by atoms with Crippen LogP contribution < -0.4 is 5.32 Å². The zero-order chi connectivity index (χ0) is 15.0. The summed E-state index contributed by atoms with van der Waals surface area (Å²) in [6.07, 6.45) is 2.93. The molecule has 20 heavy (non-hydrogen) atoms. The standard InChI is InChI=1S/C14H19NO4S/c1-10-3-4-11(20(2,18)19)7-12(10)13(17)15-8-14(9-16)5-6-14/h3-4,7,16H,5-6,8-9H2,1-2H3,(H,15,17). The van der Waals surface area contributed by atoms with E-state index in [4.69, 9.17) is 0 Å². The molecule has 1 aromatic carbocycles. The maximum Gasteiger partial charge on any atom is 0.251 e. The quantitative estimate of drug-likeness (QED) is 0.846. The second kappa shape index (κ2) is 5.18. The summed E-state index contributed by atoms with van der Waals surface area (Å²) in [5.74, 6) is -0.298. The molecule has 0 spiro atoms. The number of aryl methyl sites for hydroxylation is 1. The molecule has 0 heterocycles. The van der Waals surface area contributed by atoms with E-state index >= 15 is 0 Å². The van der Waals surface area contributed by atoms with Gasteiger partial charge in [0.25, 0.3) is 5.91 Å². The molecule has 0 saturated heterocycles. The molecule has 0 bridgehead atoms. The van der Waals surface area contributed by atoms with Gasteiger partial charge in [-0.3, -0.25) is 4.79 Å². The van der Waals surface area contributed by atoms with Gasteiger partial charge >= 0.3 is 0 Å². The van der Waals surface area contributed by atoms with Crippen LogP contribution in [0.3, 0.4) is 0 Å². The van der Waals surface area contributed by atoms with Gasteiger partial charge in [0.15, 0.2) is 9.84 Å². The fraction of sp³-hybridized carbons (Fsp3) is 0.500. The molecule has 0 radical (unpaired) electrons. The molecule has 1 aromatic rings. The number of aliphatic hydroxyl groups is 1. The van der Waals surface area contributed by atoms with E-state index in [-0.39, 0.29) is 22.8 Å². The second-order valence-electron chi connectivity index (χ2n) is 5.59. The first-order valence-corrected chi connectivity index (χ1v) is 8.36. The van der Waals surface area contributed by atoms with Crippen molar-refractivity contribution in [3.63, 3.8) is 0 Å². The summed E-state index contributed by atoms with van der Waals surface area (Å²) in [7, 11) is -3.33. The Kier molecular flexibility index (Phi) is 3.88. The fourth-order valence-corrected chi connectivity index (χ4v) is 2.65. The maximum absolute atomic E-state index is 12.1. The van der Waals surface area contributed by atoms with E-state index in [2.05, 4.69) is 5.32 Å². The molecule has 0 aliphatic heterocycles. The normalized spacial score (nSPS) is 16.8. The van der Waals surface area contributed by atoms with Gasteiger partial charge in [-0.05, 0) is 37.5 Å². The smallest absolute Gasteiger partial charge is 0.251 e. The van der Waals surface area contributed by atoms with Crippen molar-refractivity contribution in [1.29, 1.82) is 0 Å². The highest BCUT2D eigenvalue weighted by atomic mass is 32.2. The van der Waals surface area contributed by atoms with Crippen LogP contribution in [0.5, 0.6) is 0 Å². The van der Waals surface area contributed by atoms with E-state index in [1.165, 1.54) is 12.1 Å². The molecule has 5 nitrogen and oxygen atoms in total. The number of carbonyl (C=O) groups excluding carboxylic acids is 1. The van der Waals surface area contributed by atoms with Crippen LogP contribution >= 0.6 is 0 Å². The molecule has 0 atom stereocenters. The zero-order valence-corrected chi connectivity index (χ0v) is 12.5. The molecular weight excluding hydrogens is 278 g/mol. The summed E-state index contributed by atoms with van der Waals surface area (Å²) < 4.78 is 23.1. The van der Waals surface area contributed by atoms with Gasteiger partial charge in [0.1, 0.15) is 0 Å². The Labute approximate surface area is 118 Å². The number of carbonyl (C=O) groups is 1. The molecular formula is C14H19NO4S. The van der Waals surface area contributed by atoms with Crippen molar-refractivity contribution in [2.45, 2.75) is 24.7 Å². The minimum Gasteiger partial charge on any atom is -0.396 e. The Hall–Kier alpha value is -1.40. The minimum atomic E-state index is -3.33. The number of hydrogen-bond acceptors (Lipinski definition) is 4. The Morgan fingerprint density at radius 3 is 2.55 bits per heavy atom. The zero-order valence-electron chi connectivity index (χ0n) is 11.6. The van der Waals surface area contributed by atoms with Gasteiger partial charge in [-0.2, -0.15) is 0 Å². The molecule has 1 amide bonds. The summed E-state index contributed by atoms with van der Waals surface area (Å²) in [5, 5.41) is 12.0. The van der Waals surface area contributed by atoms with Crippen molar-refractivity contribution in [3.05, 3.63) is 29.3 Å². The molecule has 1 aliphatic carbocycles. The summed E-state index contributed by atoms with van der Waals surface area (Å²) >= 11 is 0. The Bertz CT molecular complexity index is 633. The molecule has 2 N–H and O–H groups in total. The van der Waals surface area contributed by atoms with Crippen LogP contribution in [0.4, 0.5) is 0 Å². The molecule has 0 aromatic heterocycles. The number of amides is 1. The van der Waals surface area contributed by atoms with E-state index in [9.17, 15) is 18.3 Å². The summed E-state index contributed by atoms with van der Waals surface area (Å²) in [5.41, 5.74) is 0.920. The average Bonchev–Trinajstić information content (AvgIpc) is 3.16. The third-order valence-electron chi connectivity index (χ3n) is 3.80. The lowest BCUT2D eigenvalue weighted by atomic mass is 10.1. The number of rotatable bonds is 5. The van der Waals surface area contributed by atoms with E-state index in [1.807, 2.05) is 0 Å². The Morgan fingerprint density at radius 2 is 2.05 bits per heavy atom. The van der Waals surface area contributed by atoms with Gasteiger partial charge in [0.05, 0.1) is 11.5 Å². The highest BCUT2D eigenvalue weighted by molar-refractivity contribution is 7.90. The van der Waals surface area contributed by atoms with Crippen molar-refractivity contribution in [2.24, 2.45) is 5.41 Å². The lowest BCUT2D eigenvalue weighted by Gasteiger charge is -2.14. The fourth-order valence-electron chi connectivity index (χ4n) is 2.01. The number of aliphatic hydroxyl groups excluding tert-OH is 1. The second-order valence-corrected chi connectivity index (χ2v) is 7.61. The minimum absolute atomic E-state index is 0.0651. The topological polar surface area (TPSA) is 83.5 Å². The first-order chi connectivity index (χ1) is 9.27. The number of sulfone groups is 1. The summed E-state index contributed by atoms with van der Waals surface area (Å²) in [4.78, 5) is 12.3. The SMILES string of the molecule is Cc1ccc(S(C)(=O)=O)cc1C(=O)NCC1(CO)CC1. The summed E-state index contributed by atoms with van der Waals surface area (Å²) in [6.45, 7) is 2.25. The molecule has 1 saturated carbocycles.